The number of benzene rings is 1. The molecular formula is C8H7F5N2. The molecular weight excluding hydrogens is 219 g/mol. The van der Waals surface area contributed by atoms with Crippen LogP contribution in [0.15, 0.2) is 12.1 Å². The van der Waals surface area contributed by atoms with E-state index in [2.05, 4.69) is 0 Å². The van der Waals surface area contributed by atoms with Crippen molar-refractivity contribution < 1.29 is 22.0 Å². The quantitative estimate of drug-likeness (QED) is 0.600. The summed E-state index contributed by atoms with van der Waals surface area (Å²) < 4.78 is 60.7. The maximum atomic E-state index is 12.8. The zero-order chi connectivity index (χ0) is 11.6. The van der Waals surface area contributed by atoms with E-state index in [-0.39, 0.29) is 0 Å². The molecule has 0 atom stereocenters. The van der Waals surface area contributed by atoms with Gasteiger partial charge in [0.15, 0.2) is 5.82 Å². The van der Waals surface area contributed by atoms with Crippen molar-refractivity contribution in [2.45, 2.75) is 6.18 Å². The third-order valence-corrected chi connectivity index (χ3v) is 1.57. The first kappa shape index (κ1) is 11.5. The average molecular weight is 226 g/mol. The Morgan fingerprint density at radius 2 is 1.80 bits per heavy atom. The van der Waals surface area contributed by atoms with Crippen molar-refractivity contribution in [2.24, 2.45) is 0 Å². The molecule has 0 saturated heterocycles. The van der Waals surface area contributed by atoms with Crippen LogP contribution in [0.2, 0.25) is 0 Å². The van der Waals surface area contributed by atoms with Crippen molar-refractivity contribution in [2.75, 3.05) is 17.6 Å². The van der Waals surface area contributed by atoms with Crippen molar-refractivity contribution in [3.63, 3.8) is 0 Å². The summed E-state index contributed by atoms with van der Waals surface area (Å²) >= 11 is 0. The fourth-order valence-electron chi connectivity index (χ4n) is 0.926. The number of hydrogen-bond acceptors (Lipinski definition) is 2. The lowest BCUT2D eigenvalue weighted by Crippen LogP contribution is -2.22. The van der Waals surface area contributed by atoms with Crippen molar-refractivity contribution in [3.05, 3.63) is 23.8 Å². The molecule has 0 fully saturated rings. The molecule has 3 N–H and O–H groups in total. The summed E-state index contributed by atoms with van der Waals surface area (Å²) in [7, 11) is 0. The van der Waals surface area contributed by atoms with Crippen LogP contribution in [0.1, 0.15) is 0 Å². The minimum Gasteiger partial charge on any atom is -0.395 e. The van der Waals surface area contributed by atoms with Crippen LogP contribution in [-0.2, 0) is 0 Å². The zero-order valence-corrected chi connectivity index (χ0v) is 7.33. The number of alkyl halides is 3. The zero-order valence-electron chi connectivity index (χ0n) is 7.33. The minimum absolute atomic E-state index is 0.412. The molecule has 1 rings (SSSR count). The van der Waals surface area contributed by atoms with Crippen LogP contribution in [-0.4, -0.2) is 12.7 Å². The van der Waals surface area contributed by atoms with Gasteiger partial charge in [-0.2, -0.15) is 13.2 Å². The highest BCUT2D eigenvalue weighted by molar-refractivity contribution is 5.66. The van der Waals surface area contributed by atoms with Crippen LogP contribution in [0.5, 0.6) is 0 Å². The molecule has 0 saturated carbocycles. The number of nitrogen functional groups attached to an aromatic ring is 1. The second kappa shape index (κ2) is 3.92. The molecule has 15 heavy (non-hydrogen) atoms. The molecule has 2 nitrogen and oxygen atoms in total. The number of halogens is 5. The van der Waals surface area contributed by atoms with Gasteiger partial charge in [-0.1, -0.05) is 0 Å². The number of nitrogens with two attached hydrogens (primary N) is 1. The van der Waals surface area contributed by atoms with Crippen LogP contribution < -0.4 is 11.1 Å². The number of nitrogens with one attached hydrogen (secondary N) is 1. The molecule has 7 heteroatoms. The highest BCUT2D eigenvalue weighted by Gasteiger charge is 2.27. The van der Waals surface area contributed by atoms with E-state index < -0.39 is 35.7 Å². The summed E-state index contributed by atoms with van der Waals surface area (Å²) in [6, 6.07) is 1.19. The Balaban J connectivity index is 2.86. The summed E-state index contributed by atoms with van der Waals surface area (Å²) in [5, 5.41) is 1.80. The Morgan fingerprint density at radius 3 is 2.33 bits per heavy atom. The van der Waals surface area contributed by atoms with E-state index in [4.69, 9.17) is 5.73 Å². The summed E-state index contributed by atoms with van der Waals surface area (Å²) in [4.78, 5) is 0. The Morgan fingerprint density at radius 1 is 1.20 bits per heavy atom. The highest BCUT2D eigenvalue weighted by Crippen LogP contribution is 2.25. The number of hydrogen-bond donors (Lipinski definition) is 2. The third kappa shape index (κ3) is 3.26. The van der Waals surface area contributed by atoms with Crippen molar-refractivity contribution in [1.82, 2.24) is 0 Å². The van der Waals surface area contributed by atoms with E-state index in [9.17, 15) is 22.0 Å². The molecule has 0 spiro atoms. The fourth-order valence-corrected chi connectivity index (χ4v) is 0.926. The highest BCUT2D eigenvalue weighted by atomic mass is 19.4. The van der Waals surface area contributed by atoms with Crippen LogP contribution in [0.25, 0.3) is 0 Å². The Labute approximate surface area is 81.9 Å². The molecule has 0 aliphatic rings. The first-order valence-electron chi connectivity index (χ1n) is 3.85. The maximum absolute atomic E-state index is 12.8. The molecule has 84 valence electrons. The minimum atomic E-state index is -4.48. The van der Waals surface area contributed by atoms with Gasteiger partial charge in [-0.05, 0) is 6.07 Å². The molecule has 0 radical (unpaired) electrons. The lowest BCUT2D eigenvalue weighted by Gasteiger charge is -2.11. The second-order valence-electron chi connectivity index (χ2n) is 2.82. The topological polar surface area (TPSA) is 38.0 Å². The van der Waals surface area contributed by atoms with Gasteiger partial charge in [-0.25, -0.2) is 8.78 Å². The summed E-state index contributed by atoms with van der Waals surface area (Å²) in [5.74, 6) is -2.09. The van der Waals surface area contributed by atoms with E-state index in [1.807, 2.05) is 0 Å². The lowest BCUT2D eigenvalue weighted by molar-refractivity contribution is -0.115. The predicted octanol–water partition coefficient (Wildman–Crippen LogP) is 2.52. The molecule has 1 aromatic rings. The molecule has 0 heterocycles. The standard InChI is InChI=1S/C8H7F5N2/c9-4-1-5(10)7(14)6(2-4)15-3-8(11,12)13/h1-2,15H,3,14H2. The summed E-state index contributed by atoms with van der Waals surface area (Å²) in [6.45, 7) is -1.40. The normalized spacial score (nSPS) is 11.5. The Bertz CT molecular complexity index is 361. The largest absolute Gasteiger partial charge is 0.405 e. The first-order chi connectivity index (χ1) is 6.79. The number of anilines is 2. The molecule has 0 bridgehead atoms. The lowest BCUT2D eigenvalue weighted by atomic mass is 10.2. The van der Waals surface area contributed by atoms with Gasteiger partial charge in [0, 0.05) is 6.07 Å². The van der Waals surface area contributed by atoms with Crippen LogP contribution in [0.3, 0.4) is 0 Å². The number of rotatable bonds is 2. The van der Waals surface area contributed by atoms with E-state index in [0.29, 0.717) is 12.1 Å². The average Bonchev–Trinajstić information content (AvgIpc) is 2.07. The van der Waals surface area contributed by atoms with Crippen LogP contribution in [0.4, 0.5) is 33.3 Å². The van der Waals surface area contributed by atoms with Crippen molar-refractivity contribution >= 4 is 11.4 Å². The molecule has 0 unspecified atom stereocenters. The first-order valence-corrected chi connectivity index (χ1v) is 3.85. The SMILES string of the molecule is Nc1c(F)cc(F)cc1NCC(F)(F)F. The van der Waals surface area contributed by atoms with E-state index in [1.165, 1.54) is 0 Å². The maximum Gasteiger partial charge on any atom is 0.405 e. The fraction of sp³-hybridized carbons (Fsp3) is 0.250. The van der Waals surface area contributed by atoms with Gasteiger partial charge in [0.1, 0.15) is 12.4 Å². The Hall–Kier alpha value is -1.53. The molecule has 1 aromatic carbocycles. The van der Waals surface area contributed by atoms with Gasteiger partial charge in [-0.3, -0.25) is 0 Å². The van der Waals surface area contributed by atoms with Gasteiger partial charge < -0.3 is 11.1 Å². The van der Waals surface area contributed by atoms with Gasteiger partial charge >= 0.3 is 6.18 Å². The van der Waals surface area contributed by atoms with Crippen LogP contribution in [0, 0.1) is 11.6 Å². The van der Waals surface area contributed by atoms with Gasteiger partial charge in [0.25, 0.3) is 0 Å². The summed E-state index contributed by atoms with van der Waals surface area (Å²) in [6.07, 6.45) is -4.48. The van der Waals surface area contributed by atoms with E-state index >= 15 is 0 Å². The van der Waals surface area contributed by atoms with Crippen LogP contribution >= 0.6 is 0 Å². The van der Waals surface area contributed by atoms with Gasteiger partial charge in [0.2, 0.25) is 0 Å². The van der Waals surface area contributed by atoms with Gasteiger partial charge in [-0.15, -0.1) is 0 Å². The van der Waals surface area contributed by atoms with E-state index in [1.54, 1.807) is 5.32 Å². The van der Waals surface area contributed by atoms with Gasteiger partial charge in [0.05, 0.1) is 11.4 Å². The third-order valence-electron chi connectivity index (χ3n) is 1.57. The van der Waals surface area contributed by atoms with Crippen molar-refractivity contribution in [3.8, 4) is 0 Å². The van der Waals surface area contributed by atoms with E-state index in [0.717, 1.165) is 0 Å². The monoisotopic (exact) mass is 226 g/mol. The predicted molar refractivity (Wildman–Crippen MR) is 45.3 cm³/mol. The van der Waals surface area contributed by atoms with Crippen molar-refractivity contribution in [1.29, 1.82) is 0 Å². The molecule has 0 aliphatic carbocycles. The smallest absolute Gasteiger partial charge is 0.395 e. The summed E-state index contributed by atoms with van der Waals surface area (Å²) in [5.41, 5.74) is 4.16. The molecule has 0 amide bonds. The molecule has 0 aliphatic heterocycles. The molecule has 0 aromatic heterocycles. The second-order valence-corrected chi connectivity index (χ2v) is 2.82. The Kier molecular flexibility index (Phi) is 3.01.